The van der Waals surface area contributed by atoms with E-state index in [1.165, 1.54) is 5.56 Å². The van der Waals surface area contributed by atoms with Gasteiger partial charge in [-0.3, -0.25) is 4.79 Å². The molecule has 0 bridgehead atoms. The van der Waals surface area contributed by atoms with Crippen LogP contribution in [0.15, 0.2) is 18.3 Å². The zero-order valence-corrected chi connectivity index (χ0v) is 10.2. The number of carbonyl (C=O) groups excluding carboxylic acids is 1. The van der Waals surface area contributed by atoms with E-state index in [9.17, 15) is 4.79 Å². The second-order valence-corrected chi connectivity index (χ2v) is 4.45. The van der Waals surface area contributed by atoms with Gasteiger partial charge < -0.3 is 9.67 Å². The van der Waals surface area contributed by atoms with Crippen LogP contribution in [0.5, 0.6) is 0 Å². The number of aryl methyl sites for hydroxylation is 3. The summed E-state index contributed by atoms with van der Waals surface area (Å²) in [5.41, 5.74) is 4.13. The van der Waals surface area contributed by atoms with E-state index in [1.54, 1.807) is 0 Å². The molecule has 0 aliphatic heterocycles. The Bertz CT molecular complexity index is 555. The summed E-state index contributed by atoms with van der Waals surface area (Å²) in [6.07, 6.45) is 3.48. The zero-order chi connectivity index (χ0) is 12.4. The van der Waals surface area contributed by atoms with Crippen LogP contribution in [0.3, 0.4) is 0 Å². The second-order valence-electron chi connectivity index (χ2n) is 4.45. The van der Waals surface area contributed by atoms with E-state index >= 15 is 0 Å². The van der Waals surface area contributed by atoms with Crippen molar-refractivity contribution >= 4 is 17.2 Å². The van der Waals surface area contributed by atoms with E-state index in [0.717, 1.165) is 34.9 Å². The molecule has 1 N–H and O–H groups in total. The summed E-state index contributed by atoms with van der Waals surface area (Å²) in [6.45, 7) is 4.99. The van der Waals surface area contributed by atoms with Crippen LogP contribution in [0.4, 0.5) is 0 Å². The number of aliphatic hydroxyl groups excluding tert-OH is 1. The summed E-state index contributed by atoms with van der Waals surface area (Å²) in [4.78, 5) is 11.1. The lowest BCUT2D eigenvalue weighted by Crippen LogP contribution is -1.98. The monoisotopic (exact) mass is 231 g/mol. The largest absolute Gasteiger partial charge is 0.396 e. The lowest BCUT2D eigenvalue weighted by molar-refractivity contribution is 0.112. The number of aromatic nitrogens is 1. The standard InChI is InChI=1S/C14H17NO2/c1-10-6-11(2)14-12(9-17)8-15(4-3-5-16)13(14)7-10/h6-9,16H,3-5H2,1-2H3. The number of aldehydes is 1. The average Bonchev–Trinajstić information content (AvgIpc) is 2.64. The molecule has 0 radical (unpaired) electrons. The number of fused-ring (bicyclic) bond motifs is 1. The molecule has 0 atom stereocenters. The van der Waals surface area contributed by atoms with Crippen molar-refractivity contribution in [3.05, 3.63) is 35.0 Å². The highest BCUT2D eigenvalue weighted by atomic mass is 16.3. The average molecular weight is 231 g/mol. The lowest BCUT2D eigenvalue weighted by Gasteiger charge is -2.05. The van der Waals surface area contributed by atoms with Gasteiger partial charge in [0.05, 0.1) is 0 Å². The van der Waals surface area contributed by atoms with Crippen LogP contribution in [0.2, 0.25) is 0 Å². The number of hydrogen-bond donors (Lipinski definition) is 1. The highest BCUT2D eigenvalue weighted by Crippen LogP contribution is 2.25. The van der Waals surface area contributed by atoms with Gasteiger partial charge in [0.1, 0.15) is 0 Å². The van der Waals surface area contributed by atoms with E-state index in [1.807, 2.05) is 13.1 Å². The highest BCUT2D eigenvalue weighted by molar-refractivity contribution is 5.99. The third-order valence-electron chi connectivity index (χ3n) is 3.04. The van der Waals surface area contributed by atoms with Crippen LogP contribution >= 0.6 is 0 Å². The fourth-order valence-electron chi connectivity index (χ4n) is 2.36. The summed E-state index contributed by atoms with van der Waals surface area (Å²) < 4.78 is 2.05. The van der Waals surface area contributed by atoms with E-state index in [4.69, 9.17) is 5.11 Å². The molecule has 0 saturated carbocycles. The topological polar surface area (TPSA) is 42.2 Å². The first-order valence-electron chi connectivity index (χ1n) is 5.83. The van der Waals surface area contributed by atoms with Gasteiger partial charge in [-0.25, -0.2) is 0 Å². The first-order valence-corrected chi connectivity index (χ1v) is 5.83. The zero-order valence-electron chi connectivity index (χ0n) is 10.2. The summed E-state index contributed by atoms with van der Waals surface area (Å²) >= 11 is 0. The molecule has 1 aromatic heterocycles. The molecule has 1 aromatic carbocycles. The third-order valence-corrected chi connectivity index (χ3v) is 3.04. The number of nitrogens with zero attached hydrogens (tertiary/aromatic N) is 1. The minimum absolute atomic E-state index is 0.168. The Balaban J connectivity index is 2.64. The highest BCUT2D eigenvalue weighted by Gasteiger charge is 2.10. The molecule has 17 heavy (non-hydrogen) atoms. The molecule has 2 rings (SSSR count). The van der Waals surface area contributed by atoms with E-state index < -0.39 is 0 Å². The van der Waals surface area contributed by atoms with Crippen LogP contribution in [-0.4, -0.2) is 22.6 Å². The predicted molar refractivity (Wildman–Crippen MR) is 68.5 cm³/mol. The Morgan fingerprint density at radius 1 is 1.35 bits per heavy atom. The summed E-state index contributed by atoms with van der Waals surface area (Å²) in [5, 5.41) is 9.92. The Morgan fingerprint density at radius 2 is 2.12 bits per heavy atom. The molecule has 90 valence electrons. The minimum Gasteiger partial charge on any atom is -0.396 e. The molecule has 0 aliphatic carbocycles. The Morgan fingerprint density at radius 3 is 2.76 bits per heavy atom. The third kappa shape index (κ3) is 2.11. The molecule has 0 unspecified atom stereocenters. The predicted octanol–water partition coefficient (Wildman–Crippen LogP) is 2.45. The number of benzene rings is 1. The van der Waals surface area contributed by atoms with Crippen molar-refractivity contribution in [3.63, 3.8) is 0 Å². The first kappa shape index (κ1) is 11.9. The number of hydrogen-bond acceptors (Lipinski definition) is 2. The molecular weight excluding hydrogens is 214 g/mol. The normalized spacial score (nSPS) is 11.0. The van der Waals surface area contributed by atoms with E-state index in [0.29, 0.717) is 6.42 Å². The van der Waals surface area contributed by atoms with Gasteiger partial charge in [-0.2, -0.15) is 0 Å². The van der Waals surface area contributed by atoms with Gasteiger partial charge in [-0.15, -0.1) is 0 Å². The van der Waals surface area contributed by atoms with Gasteiger partial charge in [-0.05, 0) is 37.5 Å². The minimum atomic E-state index is 0.168. The maximum absolute atomic E-state index is 11.1. The number of rotatable bonds is 4. The Kier molecular flexibility index (Phi) is 3.29. The van der Waals surface area contributed by atoms with Crippen molar-refractivity contribution in [2.24, 2.45) is 0 Å². The molecule has 1 heterocycles. The first-order chi connectivity index (χ1) is 8.17. The molecule has 0 aliphatic rings. The maximum atomic E-state index is 11.1. The van der Waals surface area contributed by atoms with Crippen LogP contribution in [0.25, 0.3) is 10.9 Å². The quantitative estimate of drug-likeness (QED) is 0.821. The molecule has 0 saturated heterocycles. The van der Waals surface area contributed by atoms with Crippen molar-refractivity contribution in [1.29, 1.82) is 0 Å². The van der Waals surface area contributed by atoms with Crippen molar-refractivity contribution in [1.82, 2.24) is 4.57 Å². The van der Waals surface area contributed by atoms with Crippen LogP contribution in [0.1, 0.15) is 27.9 Å². The molecule has 3 heteroatoms. The number of aliphatic hydroxyl groups is 1. The van der Waals surface area contributed by atoms with E-state index in [-0.39, 0.29) is 6.61 Å². The summed E-state index contributed by atoms with van der Waals surface area (Å²) in [5.74, 6) is 0. The molecule has 0 spiro atoms. The van der Waals surface area contributed by atoms with Crippen molar-refractivity contribution in [2.75, 3.05) is 6.61 Å². The van der Waals surface area contributed by atoms with Gasteiger partial charge >= 0.3 is 0 Å². The van der Waals surface area contributed by atoms with Gasteiger partial charge in [0.25, 0.3) is 0 Å². The van der Waals surface area contributed by atoms with Crippen molar-refractivity contribution < 1.29 is 9.90 Å². The lowest BCUT2D eigenvalue weighted by atomic mass is 10.1. The number of carbonyl (C=O) groups is 1. The molecule has 0 amide bonds. The smallest absolute Gasteiger partial charge is 0.152 e. The molecular formula is C14H17NO2. The van der Waals surface area contributed by atoms with E-state index in [2.05, 4.69) is 23.6 Å². The van der Waals surface area contributed by atoms with Gasteiger partial charge in [0, 0.05) is 35.8 Å². The van der Waals surface area contributed by atoms with Crippen LogP contribution < -0.4 is 0 Å². The van der Waals surface area contributed by atoms with Crippen LogP contribution in [0, 0.1) is 13.8 Å². The Labute approximate surface area is 101 Å². The Hall–Kier alpha value is -1.61. The fraction of sp³-hybridized carbons (Fsp3) is 0.357. The van der Waals surface area contributed by atoms with Crippen LogP contribution in [-0.2, 0) is 6.54 Å². The maximum Gasteiger partial charge on any atom is 0.152 e. The van der Waals surface area contributed by atoms with Gasteiger partial charge in [0.15, 0.2) is 6.29 Å². The molecule has 3 nitrogen and oxygen atoms in total. The summed E-state index contributed by atoms with van der Waals surface area (Å²) in [6, 6.07) is 4.18. The second kappa shape index (κ2) is 4.72. The summed E-state index contributed by atoms with van der Waals surface area (Å²) in [7, 11) is 0. The SMILES string of the molecule is Cc1cc(C)c2c(C=O)cn(CCCO)c2c1. The van der Waals surface area contributed by atoms with Crippen molar-refractivity contribution in [2.45, 2.75) is 26.8 Å². The molecule has 0 fully saturated rings. The van der Waals surface area contributed by atoms with Gasteiger partial charge in [0.2, 0.25) is 0 Å². The van der Waals surface area contributed by atoms with Gasteiger partial charge in [-0.1, -0.05) is 6.07 Å². The van der Waals surface area contributed by atoms with Crippen molar-refractivity contribution in [3.8, 4) is 0 Å². The fourth-order valence-corrected chi connectivity index (χ4v) is 2.36. The molecule has 2 aromatic rings.